The summed E-state index contributed by atoms with van der Waals surface area (Å²) >= 11 is 6.02. The average Bonchev–Trinajstić information content (AvgIpc) is 2.44. The van der Waals surface area contributed by atoms with Crippen molar-refractivity contribution in [1.29, 1.82) is 0 Å². The molecule has 0 heterocycles. The molecule has 0 aromatic heterocycles. The highest BCUT2D eigenvalue weighted by molar-refractivity contribution is 6.31. The number of halogens is 1. The molecule has 0 spiro atoms. The normalized spacial score (nSPS) is 10.2. The Hall–Kier alpha value is -2.20. The van der Waals surface area contributed by atoms with E-state index in [9.17, 15) is 4.79 Å². The Morgan fingerprint density at radius 2 is 2.00 bits per heavy atom. The SMILES string of the molecule is Cc1ccc(NC(=O)NCc2cccc(N)c2C)cc1Cl. The fourth-order valence-corrected chi connectivity index (χ4v) is 2.10. The summed E-state index contributed by atoms with van der Waals surface area (Å²) in [6.07, 6.45) is 0. The van der Waals surface area contributed by atoms with E-state index >= 15 is 0 Å². The molecule has 0 bridgehead atoms. The summed E-state index contributed by atoms with van der Waals surface area (Å²) in [5.74, 6) is 0. The molecule has 0 aliphatic carbocycles. The molecule has 0 unspecified atom stereocenters. The Morgan fingerprint density at radius 1 is 1.24 bits per heavy atom. The first kappa shape index (κ1) is 15.2. The maximum Gasteiger partial charge on any atom is 0.319 e. The van der Waals surface area contributed by atoms with Crippen molar-refractivity contribution in [3.05, 3.63) is 58.1 Å². The van der Waals surface area contributed by atoms with E-state index in [-0.39, 0.29) is 6.03 Å². The zero-order valence-corrected chi connectivity index (χ0v) is 12.8. The number of urea groups is 1. The van der Waals surface area contributed by atoms with Crippen molar-refractivity contribution in [2.75, 3.05) is 11.1 Å². The van der Waals surface area contributed by atoms with Gasteiger partial charge in [0.25, 0.3) is 0 Å². The summed E-state index contributed by atoms with van der Waals surface area (Å²) in [6, 6.07) is 10.8. The van der Waals surface area contributed by atoms with Crippen molar-refractivity contribution in [2.24, 2.45) is 0 Å². The van der Waals surface area contributed by atoms with Crippen molar-refractivity contribution in [1.82, 2.24) is 5.32 Å². The zero-order valence-electron chi connectivity index (χ0n) is 12.0. The van der Waals surface area contributed by atoms with Gasteiger partial charge in [0.2, 0.25) is 0 Å². The maximum atomic E-state index is 11.9. The van der Waals surface area contributed by atoms with Crippen molar-refractivity contribution < 1.29 is 4.79 Å². The van der Waals surface area contributed by atoms with Gasteiger partial charge in [0.15, 0.2) is 0 Å². The van der Waals surface area contributed by atoms with Gasteiger partial charge in [-0.3, -0.25) is 0 Å². The number of carbonyl (C=O) groups excluding carboxylic acids is 1. The molecule has 2 aromatic carbocycles. The topological polar surface area (TPSA) is 67.2 Å². The lowest BCUT2D eigenvalue weighted by molar-refractivity contribution is 0.251. The third kappa shape index (κ3) is 3.89. The van der Waals surface area contributed by atoms with Crippen LogP contribution in [-0.4, -0.2) is 6.03 Å². The van der Waals surface area contributed by atoms with Crippen LogP contribution >= 0.6 is 11.6 Å². The van der Waals surface area contributed by atoms with Gasteiger partial charge >= 0.3 is 6.03 Å². The van der Waals surface area contributed by atoms with Crippen LogP contribution in [0.25, 0.3) is 0 Å². The van der Waals surface area contributed by atoms with Gasteiger partial charge in [0.05, 0.1) is 0 Å². The van der Waals surface area contributed by atoms with E-state index in [4.69, 9.17) is 17.3 Å². The number of carbonyl (C=O) groups is 1. The highest BCUT2D eigenvalue weighted by atomic mass is 35.5. The van der Waals surface area contributed by atoms with Gasteiger partial charge < -0.3 is 16.4 Å². The Balaban J connectivity index is 1.96. The molecule has 0 atom stereocenters. The Morgan fingerprint density at radius 3 is 2.71 bits per heavy atom. The van der Waals surface area contributed by atoms with Gasteiger partial charge in [-0.05, 0) is 48.7 Å². The summed E-state index contributed by atoms with van der Waals surface area (Å²) in [5, 5.41) is 6.17. The number of hydrogen-bond donors (Lipinski definition) is 3. The summed E-state index contributed by atoms with van der Waals surface area (Å²) in [4.78, 5) is 11.9. The number of amides is 2. The van der Waals surface area contributed by atoms with Gasteiger partial charge in [-0.25, -0.2) is 4.79 Å². The largest absolute Gasteiger partial charge is 0.399 e. The third-order valence-electron chi connectivity index (χ3n) is 3.36. The molecule has 4 N–H and O–H groups in total. The number of benzene rings is 2. The molecule has 0 radical (unpaired) electrons. The molecule has 2 aromatic rings. The van der Waals surface area contributed by atoms with Crippen LogP contribution in [0.3, 0.4) is 0 Å². The van der Waals surface area contributed by atoms with E-state index in [0.29, 0.717) is 17.3 Å². The Kier molecular flexibility index (Phi) is 4.70. The average molecular weight is 304 g/mol. The lowest BCUT2D eigenvalue weighted by atomic mass is 10.1. The van der Waals surface area contributed by atoms with Crippen LogP contribution in [0.1, 0.15) is 16.7 Å². The lowest BCUT2D eigenvalue weighted by Crippen LogP contribution is -2.28. The molecule has 4 nitrogen and oxygen atoms in total. The van der Waals surface area contributed by atoms with Crippen molar-refractivity contribution in [3.8, 4) is 0 Å². The fourth-order valence-electron chi connectivity index (χ4n) is 1.92. The van der Waals surface area contributed by atoms with E-state index in [2.05, 4.69) is 10.6 Å². The summed E-state index contributed by atoms with van der Waals surface area (Å²) in [7, 11) is 0. The second kappa shape index (κ2) is 6.50. The van der Waals surface area contributed by atoms with Gasteiger partial charge in [-0.1, -0.05) is 29.8 Å². The summed E-state index contributed by atoms with van der Waals surface area (Å²) in [5.41, 5.74) is 10.2. The minimum Gasteiger partial charge on any atom is -0.399 e. The number of nitrogens with one attached hydrogen (secondary N) is 2. The quantitative estimate of drug-likeness (QED) is 0.754. The first-order valence-electron chi connectivity index (χ1n) is 6.62. The number of anilines is 2. The Labute approximate surface area is 129 Å². The monoisotopic (exact) mass is 303 g/mol. The molecule has 0 saturated carbocycles. The molecule has 0 aliphatic rings. The molecular formula is C16H18ClN3O. The van der Waals surface area contributed by atoms with E-state index in [1.54, 1.807) is 6.07 Å². The number of nitrogen functional groups attached to an aromatic ring is 1. The highest BCUT2D eigenvalue weighted by Gasteiger charge is 2.05. The smallest absolute Gasteiger partial charge is 0.319 e. The fraction of sp³-hybridized carbons (Fsp3) is 0.188. The van der Waals surface area contributed by atoms with Crippen molar-refractivity contribution >= 4 is 29.0 Å². The Bertz CT molecular complexity index is 671. The minimum absolute atomic E-state index is 0.281. The van der Waals surface area contributed by atoms with Crippen LogP contribution in [0, 0.1) is 13.8 Å². The standard InChI is InChI=1S/C16H18ClN3O/c1-10-6-7-13(8-14(10)17)20-16(21)19-9-12-4-3-5-15(18)11(12)2/h3-8H,9,18H2,1-2H3,(H2,19,20,21). The van der Waals surface area contributed by atoms with E-state index in [0.717, 1.165) is 22.4 Å². The van der Waals surface area contributed by atoms with Crippen molar-refractivity contribution in [3.63, 3.8) is 0 Å². The van der Waals surface area contributed by atoms with Crippen LogP contribution in [0.4, 0.5) is 16.2 Å². The predicted octanol–water partition coefficient (Wildman–Crippen LogP) is 3.86. The lowest BCUT2D eigenvalue weighted by Gasteiger charge is -2.11. The van der Waals surface area contributed by atoms with Crippen LogP contribution < -0.4 is 16.4 Å². The maximum absolute atomic E-state index is 11.9. The molecular weight excluding hydrogens is 286 g/mol. The van der Waals surface area contributed by atoms with Crippen molar-refractivity contribution in [2.45, 2.75) is 20.4 Å². The van der Waals surface area contributed by atoms with Gasteiger partial charge in [-0.15, -0.1) is 0 Å². The second-order valence-electron chi connectivity index (χ2n) is 4.90. The van der Waals surface area contributed by atoms with Crippen LogP contribution in [0.2, 0.25) is 5.02 Å². The zero-order chi connectivity index (χ0) is 15.4. The predicted molar refractivity (Wildman–Crippen MR) is 87.6 cm³/mol. The number of rotatable bonds is 3. The molecule has 0 saturated heterocycles. The van der Waals surface area contributed by atoms with Gasteiger partial charge in [0, 0.05) is 22.9 Å². The third-order valence-corrected chi connectivity index (χ3v) is 3.76. The van der Waals surface area contributed by atoms with Gasteiger partial charge in [-0.2, -0.15) is 0 Å². The summed E-state index contributed by atoms with van der Waals surface area (Å²) < 4.78 is 0. The van der Waals surface area contributed by atoms with E-state index in [1.807, 2.05) is 44.2 Å². The van der Waals surface area contributed by atoms with Crippen LogP contribution in [0.15, 0.2) is 36.4 Å². The van der Waals surface area contributed by atoms with Crippen LogP contribution in [0.5, 0.6) is 0 Å². The van der Waals surface area contributed by atoms with E-state index < -0.39 is 0 Å². The second-order valence-corrected chi connectivity index (χ2v) is 5.31. The molecule has 21 heavy (non-hydrogen) atoms. The number of aryl methyl sites for hydroxylation is 1. The number of hydrogen-bond acceptors (Lipinski definition) is 2. The van der Waals surface area contributed by atoms with Gasteiger partial charge in [0.1, 0.15) is 0 Å². The molecule has 5 heteroatoms. The number of nitrogens with two attached hydrogens (primary N) is 1. The molecule has 0 fully saturated rings. The molecule has 2 amide bonds. The molecule has 0 aliphatic heterocycles. The molecule has 2 rings (SSSR count). The van der Waals surface area contributed by atoms with E-state index in [1.165, 1.54) is 0 Å². The minimum atomic E-state index is -0.281. The summed E-state index contributed by atoms with van der Waals surface area (Å²) in [6.45, 7) is 4.26. The first-order valence-corrected chi connectivity index (χ1v) is 7.00. The highest BCUT2D eigenvalue weighted by Crippen LogP contribution is 2.20. The molecule has 110 valence electrons. The van der Waals surface area contributed by atoms with Crippen LogP contribution in [-0.2, 0) is 6.54 Å². The first-order chi connectivity index (χ1) is 9.97.